The van der Waals surface area contributed by atoms with Crippen LogP contribution in [0.1, 0.15) is 12.5 Å². The highest BCUT2D eigenvalue weighted by Crippen LogP contribution is 2.37. The van der Waals surface area contributed by atoms with E-state index in [0.717, 1.165) is 13.0 Å². The van der Waals surface area contributed by atoms with Gasteiger partial charge < -0.3 is 5.32 Å². The minimum absolute atomic E-state index is 0.0913. The van der Waals surface area contributed by atoms with Gasteiger partial charge in [-0.15, -0.1) is 0 Å². The molecule has 2 aromatic rings. The Morgan fingerprint density at radius 3 is 2.20 bits per heavy atom. The van der Waals surface area contributed by atoms with Crippen LogP contribution < -0.4 is 10.0 Å². The summed E-state index contributed by atoms with van der Waals surface area (Å²) in [4.78, 5) is 10.8. The van der Waals surface area contributed by atoms with Crippen molar-refractivity contribution in [3.05, 3.63) is 52.5 Å². The predicted octanol–water partition coefficient (Wildman–Crippen LogP) is 4.23. The Balaban J connectivity index is 2.44. The standard InChI is InChI=1S/C15H12BrF3N2O3S/c1-9(22)20-11-4-7-14(13(8-11)15(17,18)19)21-25(23,24)12-5-2-10(16)3-6-12/h2-8,21H,1H3,(H,20,22). The lowest BCUT2D eigenvalue weighted by atomic mass is 10.1. The highest BCUT2D eigenvalue weighted by molar-refractivity contribution is 9.10. The smallest absolute Gasteiger partial charge is 0.326 e. The average Bonchev–Trinajstić information content (AvgIpc) is 2.47. The number of benzene rings is 2. The van der Waals surface area contributed by atoms with Crippen LogP contribution in [0.5, 0.6) is 0 Å². The van der Waals surface area contributed by atoms with Crippen molar-refractivity contribution in [3.63, 3.8) is 0 Å². The van der Waals surface area contributed by atoms with Gasteiger partial charge in [-0.25, -0.2) is 8.42 Å². The van der Waals surface area contributed by atoms with Gasteiger partial charge in [0.15, 0.2) is 0 Å². The lowest BCUT2D eigenvalue weighted by Crippen LogP contribution is -2.18. The highest BCUT2D eigenvalue weighted by Gasteiger charge is 2.35. The zero-order chi connectivity index (χ0) is 18.8. The molecule has 0 saturated heterocycles. The molecule has 0 saturated carbocycles. The molecule has 134 valence electrons. The minimum atomic E-state index is -4.81. The molecular weight excluding hydrogens is 425 g/mol. The molecule has 0 fully saturated rings. The van der Waals surface area contributed by atoms with E-state index in [-0.39, 0.29) is 10.6 Å². The number of amides is 1. The Hall–Kier alpha value is -2.07. The Labute approximate surface area is 150 Å². The first-order valence-corrected chi connectivity index (χ1v) is 9.04. The fourth-order valence-corrected chi connectivity index (χ4v) is 3.31. The summed E-state index contributed by atoms with van der Waals surface area (Å²) < 4.78 is 66.9. The number of anilines is 2. The SMILES string of the molecule is CC(=O)Nc1ccc(NS(=O)(=O)c2ccc(Br)cc2)c(C(F)(F)F)c1. The van der Waals surface area contributed by atoms with Crippen LogP contribution in [-0.4, -0.2) is 14.3 Å². The summed E-state index contributed by atoms with van der Waals surface area (Å²) in [5.74, 6) is -0.545. The molecule has 0 heterocycles. The molecule has 0 unspecified atom stereocenters. The van der Waals surface area contributed by atoms with Crippen molar-refractivity contribution in [1.29, 1.82) is 0 Å². The number of halogens is 4. The summed E-state index contributed by atoms with van der Waals surface area (Å²) in [5, 5.41) is 2.22. The van der Waals surface area contributed by atoms with E-state index in [9.17, 15) is 26.4 Å². The maximum atomic E-state index is 13.2. The zero-order valence-corrected chi connectivity index (χ0v) is 15.1. The van der Waals surface area contributed by atoms with Crippen molar-refractivity contribution in [2.45, 2.75) is 18.0 Å². The van der Waals surface area contributed by atoms with E-state index in [2.05, 4.69) is 21.2 Å². The molecule has 5 nitrogen and oxygen atoms in total. The molecule has 0 aliphatic carbocycles. The van der Waals surface area contributed by atoms with Gasteiger partial charge in [-0.3, -0.25) is 9.52 Å². The van der Waals surface area contributed by atoms with Gasteiger partial charge >= 0.3 is 6.18 Å². The molecular formula is C15H12BrF3N2O3S. The Morgan fingerprint density at radius 2 is 1.68 bits per heavy atom. The fourth-order valence-electron chi connectivity index (χ4n) is 1.97. The van der Waals surface area contributed by atoms with Crippen LogP contribution in [-0.2, 0) is 21.0 Å². The third kappa shape index (κ3) is 4.95. The zero-order valence-electron chi connectivity index (χ0n) is 12.7. The number of hydrogen-bond acceptors (Lipinski definition) is 3. The molecule has 2 rings (SSSR count). The molecule has 10 heteroatoms. The van der Waals surface area contributed by atoms with E-state index < -0.39 is 33.4 Å². The van der Waals surface area contributed by atoms with Crippen LogP contribution in [0.4, 0.5) is 24.5 Å². The molecule has 1 amide bonds. The summed E-state index contributed by atoms with van der Waals surface area (Å²) in [5.41, 5.74) is -1.93. The number of carbonyl (C=O) groups excluding carboxylic acids is 1. The summed E-state index contributed by atoms with van der Waals surface area (Å²) in [6.07, 6.45) is -4.81. The monoisotopic (exact) mass is 436 g/mol. The van der Waals surface area contributed by atoms with E-state index in [1.807, 2.05) is 4.72 Å². The summed E-state index contributed by atoms with van der Waals surface area (Å²) in [6.45, 7) is 1.15. The first-order chi connectivity index (χ1) is 11.5. The van der Waals surface area contributed by atoms with E-state index in [4.69, 9.17) is 0 Å². The molecule has 0 atom stereocenters. The summed E-state index contributed by atoms with van der Waals surface area (Å²) in [6, 6.07) is 8.22. The Morgan fingerprint density at radius 1 is 1.08 bits per heavy atom. The van der Waals surface area contributed by atoms with Crippen molar-refractivity contribution < 1.29 is 26.4 Å². The lowest BCUT2D eigenvalue weighted by molar-refractivity contribution is -0.136. The van der Waals surface area contributed by atoms with Crippen molar-refractivity contribution in [2.24, 2.45) is 0 Å². The Bertz CT molecular complexity index is 897. The van der Waals surface area contributed by atoms with E-state index >= 15 is 0 Å². The second-order valence-corrected chi connectivity index (χ2v) is 7.60. The number of sulfonamides is 1. The minimum Gasteiger partial charge on any atom is -0.326 e. The van der Waals surface area contributed by atoms with Crippen molar-refractivity contribution >= 4 is 43.2 Å². The van der Waals surface area contributed by atoms with Gasteiger partial charge in [0.1, 0.15) is 0 Å². The largest absolute Gasteiger partial charge is 0.418 e. The van der Waals surface area contributed by atoms with Gasteiger partial charge in [-0.2, -0.15) is 13.2 Å². The lowest BCUT2D eigenvalue weighted by Gasteiger charge is -2.16. The molecule has 0 aromatic heterocycles. The molecule has 2 N–H and O–H groups in total. The van der Waals surface area contributed by atoms with Gasteiger partial charge in [-0.1, -0.05) is 15.9 Å². The van der Waals surface area contributed by atoms with Crippen LogP contribution in [0.25, 0.3) is 0 Å². The van der Waals surface area contributed by atoms with Crippen LogP contribution in [0.3, 0.4) is 0 Å². The normalized spacial score (nSPS) is 11.9. The molecule has 2 aromatic carbocycles. The van der Waals surface area contributed by atoms with Crippen LogP contribution >= 0.6 is 15.9 Å². The molecule has 25 heavy (non-hydrogen) atoms. The van der Waals surface area contributed by atoms with Gasteiger partial charge in [0.2, 0.25) is 5.91 Å². The molecule has 0 spiro atoms. The second-order valence-electron chi connectivity index (χ2n) is 5.00. The number of hydrogen-bond donors (Lipinski definition) is 2. The van der Waals surface area contributed by atoms with Gasteiger partial charge in [0.25, 0.3) is 10.0 Å². The second kappa shape index (κ2) is 7.04. The first kappa shape index (κ1) is 19.3. The molecule has 0 radical (unpaired) electrons. The Kier molecular flexibility index (Phi) is 5.43. The van der Waals surface area contributed by atoms with E-state index in [1.54, 1.807) is 0 Å². The number of alkyl halides is 3. The summed E-state index contributed by atoms with van der Waals surface area (Å²) >= 11 is 3.15. The maximum absolute atomic E-state index is 13.2. The molecule has 0 aliphatic rings. The van der Waals surface area contributed by atoms with Crippen LogP contribution in [0.2, 0.25) is 0 Å². The van der Waals surface area contributed by atoms with Gasteiger partial charge in [0, 0.05) is 17.1 Å². The first-order valence-electron chi connectivity index (χ1n) is 6.76. The van der Waals surface area contributed by atoms with E-state index in [0.29, 0.717) is 10.5 Å². The van der Waals surface area contributed by atoms with Crippen LogP contribution in [0.15, 0.2) is 51.8 Å². The van der Waals surface area contributed by atoms with Crippen molar-refractivity contribution in [1.82, 2.24) is 0 Å². The van der Waals surface area contributed by atoms with Crippen molar-refractivity contribution in [3.8, 4) is 0 Å². The topological polar surface area (TPSA) is 75.3 Å². The fraction of sp³-hybridized carbons (Fsp3) is 0.133. The summed E-state index contributed by atoms with van der Waals surface area (Å²) in [7, 11) is -4.21. The third-order valence-corrected chi connectivity index (χ3v) is 4.92. The highest BCUT2D eigenvalue weighted by atomic mass is 79.9. The quantitative estimate of drug-likeness (QED) is 0.752. The molecule has 0 aliphatic heterocycles. The molecule has 0 bridgehead atoms. The number of nitrogens with one attached hydrogen (secondary N) is 2. The average molecular weight is 437 g/mol. The number of rotatable bonds is 4. The van der Waals surface area contributed by atoms with Crippen molar-refractivity contribution in [2.75, 3.05) is 10.0 Å². The number of carbonyl (C=O) groups is 1. The van der Waals surface area contributed by atoms with Gasteiger partial charge in [0.05, 0.1) is 16.1 Å². The van der Waals surface area contributed by atoms with Gasteiger partial charge in [-0.05, 0) is 42.5 Å². The maximum Gasteiger partial charge on any atom is 0.418 e. The van der Waals surface area contributed by atoms with E-state index in [1.165, 1.54) is 30.3 Å². The third-order valence-electron chi connectivity index (χ3n) is 3.01. The van der Waals surface area contributed by atoms with Crippen LogP contribution in [0, 0.1) is 0 Å². The predicted molar refractivity (Wildman–Crippen MR) is 90.7 cm³/mol.